The molecule has 0 saturated carbocycles. The second-order valence-corrected chi connectivity index (χ2v) is 7.88. The van der Waals surface area contributed by atoms with Crippen LogP contribution in [-0.4, -0.2) is 28.0 Å². The minimum absolute atomic E-state index is 0.0143. The molecule has 1 N–H and O–H groups in total. The van der Waals surface area contributed by atoms with Crippen LogP contribution in [-0.2, 0) is 4.79 Å². The van der Waals surface area contributed by atoms with E-state index >= 15 is 0 Å². The van der Waals surface area contributed by atoms with Crippen molar-refractivity contribution in [2.75, 3.05) is 17.9 Å². The normalized spacial score (nSPS) is 12.2. The Balaban J connectivity index is 1.43. The highest BCUT2D eigenvalue weighted by Crippen LogP contribution is 2.34. The van der Waals surface area contributed by atoms with Gasteiger partial charge in [-0.1, -0.05) is 23.9 Å². The molecule has 0 unspecified atom stereocenters. The highest BCUT2D eigenvalue weighted by atomic mass is 32.2. The molecule has 0 fully saturated rings. The van der Waals surface area contributed by atoms with E-state index in [1.807, 2.05) is 0 Å². The molecule has 7 nitrogen and oxygen atoms in total. The second kappa shape index (κ2) is 8.35. The quantitative estimate of drug-likeness (QED) is 0.367. The van der Waals surface area contributed by atoms with Gasteiger partial charge in [0.2, 0.25) is 12.7 Å². The highest BCUT2D eigenvalue weighted by molar-refractivity contribution is 7.99. The van der Waals surface area contributed by atoms with Crippen molar-refractivity contribution < 1.29 is 18.7 Å². The fourth-order valence-corrected chi connectivity index (χ4v) is 4.14. The lowest BCUT2D eigenvalue weighted by Crippen LogP contribution is -2.23. The van der Waals surface area contributed by atoms with Crippen LogP contribution in [0.2, 0.25) is 0 Å². The van der Waals surface area contributed by atoms with Gasteiger partial charge in [-0.2, -0.15) is 0 Å². The first-order valence-corrected chi connectivity index (χ1v) is 10.7. The van der Waals surface area contributed by atoms with E-state index in [1.165, 1.54) is 28.8 Å². The van der Waals surface area contributed by atoms with Crippen molar-refractivity contribution in [2.45, 2.75) is 5.16 Å². The topological polar surface area (TPSA) is 82.5 Å². The number of rotatable bonds is 5. The molecule has 32 heavy (non-hydrogen) atoms. The Kier molecular flexibility index (Phi) is 5.24. The number of benzene rings is 3. The highest BCUT2D eigenvalue weighted by Gasteiger charge is 2.17. The third-order valence-corrected chi connectivity index (χ3v) is 5.76. The van der Waals surface area contributed by atoms with Crippen molar-refractivity contribution in [3.63, 3.8) is 0 Å². The largest absolute Gasteiger partial charge is 0.454 e. The molecule has 9 heteroatoms. The van der Waals surface area contributed by atoms with Crippen LogP contribution >= 0.6 is 11.8 Å². The number of aromatic nitrogens is 2. The van der Waals surface area contributed by atoms with E-state index in [4.69, 9.17) is 9.47 Å². The van der Waals surface area contributed by atoms with Crippen molar-refractivity contribution in [3.05, 3.63) is 82.9 Å². The van der Waals surface area contributed by atoms with E-state index in [0.717, 1.165) is 11.8 Å². The first-order valence-electron chi connectivity index (χ1n) is 9.68. The van der Waals surface area contributed by atoms with Gasteiger partial charge in [-0.3, -0.25) is 14.2 Å². The number of hydrogen-bond acceptors (Lipinski definition) is 6. The van der Waals surface area contributed by atoms with Crippen molar-refractivity contribution in [2.24, 2.45) is 0 Å². The van der Waals surface area contributed by atoms with Crippen LogP contribution in [0.3, 0.4) is 0 Å². The summed E-state index contributed by atoms with van der Waals surface area (Å²) in [6, 6.07) is 17.7. The molecule has 0 spiro atoms. The molecule has 0 saturated heterocycles. The number of nitrogens with one attached hydrogen (secondary N) is 1. The second-order valence-electron chi connectivity index (χ2n) is 6.93. The lowest BCUT2D eigenvalue weighted by atomic mass is 10.2. The van der Waals surface area contributed by atoms with Gasteiger partial charge in [-0.15, -0.1) is 0 Å². The Morgan fingerprint density at radius 3 is 2.69 bits per heavy atom. The SMILES string of the molecule is O=C(CSc1nc2ccccc2c(=O)n1-c1ccc(F)cc1)Nc1ccc2c(c1)OCO2. The predicted octanol–water partition coefficient (Wildman–Crippen LogP) is 3.98. The summed E-state index contributed by atoms with van der Waals surface area (Å²) in [5, 5.41) is 3.57. The van der Waals surface area contributed by atoms with Gasteiger partial charge in [0.05, 0.1) is 22.3 Å². The summed E-state index contributed by atoms with van der Waals surface area (Å²) in [5.74, 6) is 0.521. The zero-order valence-electron chi connectivity index (χ0n) is 16.6. The zero-order valence-corrected chi connectivity index (χ0v) is 17.4. The van der Waals surface area contributed by atoms with Crippen LogP contribution in [0.15, 0.2) is 76.7 Å². The summed E-state index contributed by atoms with van der Waals surface area (Å²) in [7, 11) is 0. The zero-order chi connectivity index (χ0) is 22.1. The van der Waals surface area contributed by atoms with E-state index in [9.17, 15) is 14.0 Å². The monoisotopic (exact) mass is 449 g/mol. The van der Waals surface area contributed by atoms with E-state index in [0.29, 0.717) is 38.9 Å². The maximum atomic E-state index is 13.4. The number of thioether (sulfide) groups is 1. The lowest BCUT2D eigenvalue weighted by Gasteiger charge is -2.13. The maximum Gasteiger partial charge on any atom is 0.266 e. The molecule has 1 aromatic heterocycles. The molecular formula is C23H16FN3O4S. The van der Waals surface area contributed by atoms with Gasteiger partial charge in [-0.25, -0.2) is 9.37 Å². The van der Waals surface area contributed by atoms with E-state index < -0.39 is 5.82 Å². The van der Waals surface area contributed by atoms with Gasteiger partial charge < -0.3 is 14.8 Å². The van der Waals surface area contributed by atoms with E-state index in [2.05, 4.69) is 10.3 Å². The smallest absolute Gasteiger partial charge is 0.266 e. The third-order valence-electron chi connectivity index (χ3n) is 4.82. The third kappa shape index (κ3) is 3.90. The van der Waals surface area contributed by atoms with Crippen LogP contribution in [0.25, 0.3) is 16.6 Å². The van der Waals surface area contributed by atoms with E-state index in [1.54, 1.807) is 42.5 Å². The average Bonchev–Trinajstić information content (AvgIpc) is 3.27. The van der Waals surface area contributed by atoms with Crippen LogP contribution in [0, 0.1) is 5.82 Å². The van der Waals surface area contributed by atoms with Crippen molar-refractivity contribution in [1.82, 2.24) is 9.55 Å². The summed E-state index contributed by atoms with van der Waals surface area (Å²) in [4.78, 5) is 30.3. The summed E-state index contributed by atoms with van der Waals surface area (Å²) >= 11 is 1.12. The molecule has 1 aliphatic rings. The summed E-state index contributed by atoms with van der Waals surface area (Å²) in [5.41, 5.74) is 1.27. The molecule has 0 aliphatic carbocycles. The number of carbonyl (C=O) groups is 1. The first kappa shape index (κ1) is 20.1. The van der Waals surface area contributed by atoms with Gasteiger partial charge in [-0.05, 0) is 48.5 Å². The fourth-order valence-electron chi connectivity index (χ4n) is 3.33. The molecule has 0 bridgehead atoms. The Bertz CT molecular complexity index is 1390. The van der Waals surface area contributed by atoms with Gasteiger partial charge in [0.25, 0.3) is 5.56 Å². The molecule has 2 heterocycles. The molecule has 0 atom stereocenters. The number of ether oxygens (including phenoxy) is 2. The number of amides is 1. The summed E-state index contributed by atoms with van der Waals surface area (Å²) < 4.78 is 25.4. The van der Waals surface area contributed by atoms with Gasteiger partial charge in [0, 0.05) is 11.8 Å². The Morgan fingerprint density at radius 1 is 1.06 bits per heavy atom. The lowest BCUT2D eigenvalue weighted by molar-refractivity contribution is -0.113. The van der Waals surface area contributed by atoms with Gasteiger partial charge in [0.1, 0.15) is 5.82 Å². The van der Waals surface area contributed by atoms with Crippen LogP contribution in [0.4, 0.5) is 10.1 Å². The van der Waals surface area contributed by atoms with Gasteiger partial charge in [0.15, 0.2) is 16.7 Å². The summed E-state index contributed by atoms with van der Waals surface area (Å²) in [6.07, 6.45) is 0. The van der Waals surface area contributed by atoms with Crippen molar-refractivity contribution in [3.8, 4) is 17.2 Å². The molecule has 3 aromatic carbocycles. The molecule has 4 aromatic rings. The number of fused-ring (bicyclic) bond motifs is 2. The number of para-hydroxylation sites is 1. The minimum atomic E-state index is -0.409. The first-order chi connectivity index (χ1) is 15.6. The molecule has 5 rings (SSSR count). The maximum absolute atomic E-state index is 13.4. The number of anilines is 1. The fraction of sp³-hybridized carbons (Fsp3) is 0.0870. The number of hydrogen-bond donors (Lipinski definition) is 1. The molecule has 1 aliphatic heterocycles. The number of halogens is 1. The van der Waals surface area contributed by atoms with Gasteiger partial charge >= 0.3 is 0 Å². The Morgan fingerprint density at radius 2 is 1.84 bits per heavy atom. The van der Waals surface area contributed by atoms with Crippen LogP contribution in [0.1, 0.15) is 0 Å². The van der Waals surface area contributed by atoms with E-state index in [-0.39, 0.29) is 24.0 Å². The van der Waals surface area contributed by atoms with Crippen molar-refractivity contribution >= 4 is 34.3 Å². The molecule has 0 radical (unpaired) electrons. The Hall–Kier alpha value is -3.85. The average molecular weight is 449 g/mol. The Labute approximate surface area is 185 Å². The predicted molar refractivity (Wildman–Crippen MR) is 119 cm³/mol. The van der Waals surface area contributed by atoms with Crippen molar-refractivity contribution in [1.29, 1.82) is 0 Å². The standard InChI is InChI=1S/C23H16FN3O4S/c24-14-5-8-16(9-6-14)27-22(29)17-3-1-2-4-18(17)26-23(27)32-12-21(28)25-15-7-10-19-20(11-15)31-13-30-19/h1-11H,12-13H2,(H,25,28). The molecule has 1 amide bonds. The number of nitrogens with zero attached hydrogens (tertiary/aromatic N) is 2. The van der Waals surface area contributed by atoms with Crippen LogP contribution < -0.4 is 20.3 Å². The molecule has 160 valence electrons. The number of carbonyl (C=O) groups excluding carboxylic acids is 1. The minimum Gasteiger partial charge on any atom is -0.454 e. The molecular weight excluding hydrogens is 433 g/mol. The van der Waals surface area contributed by atoms with Crippen LogP contribution in [0.5, 0.6) is 11.5 Å². The summed E-state index contributed by atoms with van der Waals surface area (Å²) in [6.45, 7) is 0.150.